The largest absolute Gasteiger partial charge is 0.469 e. The molecule has 5 heteroatoms. The minimum atomic E-state index is -0.208. The predicted molar refractivity (Wildman–Crippen MR) is 60.3 cm³/mol. The van der Waals surface area contributed by atoms with Crippen LogP contribution in [0.1, 0.15) is 25.7 Å². The summed E-state index contributed by atoms with van der Waals surface area (Å²) < 4.78 is 7.06. The van der Waals surface area contributed by atoms with Crippen LogP contribution in [-0.2, 0) is 7.05 Å². The normalized spacial score (nSPS) is 25.4. The Morgan fingerprint density at radius 2 is 2.25 bits per heavy atom. The molecule has 1 heterocycles. The molecule has 0 spiro atoms. The lowest BCUT2D eigenvalue weighted by Gasteiger charge is -2.28. The van der Waals surface area contributed by atoms with Crippen LogP contribution < -0.4 is 16.0 Å². The van der Waals surface area contributed by atoms with Crippen LogP contribution in [0.3, 0.4) is 0 Å². The van der Waals surface area contributed by atoms with Crippen LogP contribution in [0, 0.1) is 0 Å². The summed E-state index contributed by atoms with van der Waals surface area (Å²) in [5, 5.41) is 0. The fourth-order valence-corrected chi connectivity index (χ4v) is 1.97. The van der Waals surface area contributed by atoms with Crippen molar-refractivity contribution in [3.63, 3.8) is 0 Å². The molecule has 1 fully saturated rings. The van der Waals surface area contributed by atoms with E-state index in [4.69, 9.17) is 10.5 Å². The van der Waals surface area contributed by atoms with Gasteiger partial charge in [0.25, 0.3) is 5.88 Å². The Bertz CT molecular complexity index is 416. The van der Waals surface area contributed by atoms with Crippen molar-refractivity contribution in [3.8, 4) is 5.88 Å². The molecule has 2 atom stereocenters. The Balaban J connectivity index is 2.14. The first kappa shape index (κ1) is 11.1. The zero-order valence-electron chi connectivity index (χ0n) is 9.43. The number of aromatic nitrogens is 2. The van der Waals surface area contributed by atoms with Gasteiger partial charge in [0.2, 0.25) is 0 Å². The number of ether oxygens (including phenoxy) is 1. The summed E-state index contributed by atoms with van der Waals surface area (Å²) in [5.74, 6) is 0.160. The number of hydrogen-bond acceptors (Lipinski definition) is 4. The van der Waals surface area contributed by atoms with Crippen molar-refractivity contribution >= 4 is 0 Å². The molecule has 1 aliphatic rings. The number of aryl methyl sites for hydroxylation is 1. The fourth-order valence-electron chi connectivity index (χ4n) is 1.97. The maximum Gasteiger partial charge on any atom is 0.313 e. The van der Waals surface area contributed by atoms with Gasteiger partial charge in [-0.3, -0.25) is 4.79 Å². The molecule has 2 rings (SSSR count). The van der Waals surface area contributed by atoms with Crippen LogP contribution in [0.15, 0.2) is 17.2 Å². The summed E-state index contributed by atoms with van der Waals surface area (Å²) in [4.78, 5) is 15.6. The van der Waals surface area contributed by atoms with Gasteiger partial charge in [0.1, 0.15) is 6.10 Å². The molecule has 1 aromatic heterocycles. The van der Waals surface area contributed by atoms with E-state index in [0.29, 0.717) is 0 Å². The van der Waals surface area contributed by atoms with Gasteiger partial charge in [-0.1, -0.05) is 6.42 Å². The van der Waals surface area contributed by atoms with Crippen LogP contribution in [0.2, 0.25) is 0 Å². The summed E-state index contributed by atoms with van der Waals surface area (Å²) in [7, 11) is 1.68. The van der Waals surface area contributed by atoms with Crippen LogP contribution >= 0.6 is 0 Å². The first-order chi connectivity index (χ1) is 7.68. The highest BCUT2D eigenvalue weighted by atomic mass is 16.5. The van der Waals surface area contributed by atoms with Gasteiger partial charge < -0.3 is 15.0 Å². The number of rotatable bonds is 2. The molecule has 16 heavy (non-hydrogen) atoms. The lowest BCUT2D eigenvalue weighted by Crippen LogP contribution is -2.42. The van der Waals surface area contributed by atoms with Gasteiger partial charge >= 0.3 is 5.56 Å². The van der Waals surface area contributed by atoms with Gasteiger partial charge in [-0.25, -0.2) is 4.98 Å². The van der Waals surface area contributed by atoms with Gasteiger partial charge in [0.05, 0.1) is 0 Å². The Morgan fingerprint density at radius 3 is 3.00 bits per heavy atom. The SMILES string of the molecule is Cn1ccnc(OC2CCCCC2N)c1=O. The molecule has 0 amide bonds. The molecule has 2 unspecified atom stereocenters. The van der Waals surface area contributed by atoms with Crippen molar-refractivity contribution < 1.29 is 4.74 Å². The van der Waals surface area contributed by atoms with E-state index < -0.39 is 0 Å². The topological polar surface area (TPSA) is 70.1 Å². The summed E-state index contributed by atoms with van der Waals surface area (Å²) in [6, 6.07) is 0.0143. The molecule has 1 saturated carbocycles. The second kappa shape index (κ2) is 4.65. The molecule has 0 bridgehead atoms. The molecule has 2 N–H and O–H groups in total. The first-order valence-electron chi connectivity index (χ1n) is 5.62. The van der Waals surface area contributed by atoms with E-state index in [-0.39, 0.29) is 23.6 Å². The van der Waals surface area contributed by atoms with E-state index in [0.717, 1.165) is 25.7 Å². The van der Waals surface area contributed by atoms with E-state index in [9.17, 15) is 4.79 Å². The van der Waals surface area contributed by atoms with Crippen molar-refractivity contribution in [1.82, 2.24) is 9.55 Å². The van der Waals surface area contributed by atoms with Crippen molar-refractivity contribution in [2.75, 3.05) is 0 Å². The zero-order valence-corrected chi connectivity index (χ0v) is 9.43. The smallest absolute Gasteiger partial charge is 0.313 e. The number of nitrogens with zero attached hydrogens (tertiary/aromatic N) is 2. The monoisotopic (exact) mass is 223 g/mol. The van der Waals surface area contributed by atoms with E-state index in [2.05, 4.69) is 4.98 Å². The first-order valence-corrected chi connectivity index (χ1v) is 5.62. The predicted octanol–water partition coefficient (Wildman–Crippen LogP) is 0.429. The second-order valence-corrected chi connectivity index (χ2v) is 4.25. The quantitative estimate of drug-likeness (QED) is 0.789. The van der Waals surface area contributed by atoms with Crippen molar-refractivity contribution in [2.24, 2.45) is 12.8 Å². The van der Waals surface area contributed by atoms with Crippen molar-refractivity contribution in [2.45, 2.75) is 37.8 Å². The lowest BCUT2D eigenvalue weighted by molar-refractivity contribution is 0.124. The standard InChI is InChI=1S/C11H17N3O2/c1-14-7-6-13-10(11(14)15)16-9-5-3-2-4-8(9)12/h6-9H,2-5,12H2,1H3. The summed E-state index contributed by atoms with van der Waals surface area (Å²) >= 11 is 0. The molecule has 0 saturated heterocycles. The van der Waals surface area contributed by atoms with Crippen molar-refractivity contribution in [3.05, 3.63) is 22.7 Å². The van der Waals surface area contributed by atoms with Crippen LogP contribution in [-0.4, -0.2) is 21.7 Å². The van der Waals surface area contributed by atoms with E-state index in [1.807, 2.05) is 0 Å². The lowest BCUT2D eigenvalue weighted by atomic mass is 9.93. The molecule has 1 aromatic rings. The highest BCUT2D eigenvalue weighted by molar-refractivity contribution is 5.05. The second-order valence-electron chi connectivity index (χ2n) is 4.25. The van der Waals surface area contributed by atoms with Gasteiger partial charge in [-0.15, -0.1) is 0 Å². The van der Waals surface area contributed by atoms with E-state index in [1.165, 1.54) is 4.57 Å². The maximum atomic E-state index is 11.7. The third kappa shape index (κ3) is 2.24. The van der Waals surface area contributed by atoms with Crippen LogP contribution in [0.5, 0.6) is 5.88 Å². The molecule has 88 valence electrons. The molecule has 0 radical (unpaired) electrons. The average molecular weight is 223 g/mol. The average Bonchev–Trinajstić information content (AvgIpc) is 2.28. The van der Waals surface area contributed by atoms with E-state index in [1.54, 1.807) is 19.4 Å². The zero-order chi connectivity index (χ0) is 11.5. The van der Waals surface area contributed by atoms with Gasteiger partial charge in [0, 0.05) is 25.5 Å². The van der Waals surface area contributed by atoms with Gasteiger partial charge in [-0.05, 0) is 19.3 Å². The van der Waals surface area contributed by atoms with Crippen molar-refractivity contribution in [1.29, 1.82) is 0 Å². The number of hydrogen-bond donors (Lipinski definition) is 1. The molecule has 1 aliphatic carbocycles. The van der Waals surface area contributed by atoms with E-state index >= 15 is 0 Å². The Kier molecular flexibility index (Phi) is 3.24. The third-order valence-electron chi connectivity index (χ3n) is 3.00. The molecular formula is C11H17N3O2. The van der Waals surface area contributed by atoms with Gasteiger partial charge in [0.15, 0.2) is 0 Å². The Labute approximate surface area is 94.2 Å². The molecule has 0 aromatic carbocycles. The summed E-state index contributed by atoms with van der Waals surface area (Å²) in [6.07, 6.45) is 7.20. The van der Waals surface area contributed by atoms with Crippen LogP contribution in [0.25, 0.3) is 0 Å². The molecule has 0 aliphatic heterocycles. The summed E-state index contributed by atoms with van der Waals surface area (Å²) in [6.45, 7) is 0. The third-order valence-corrected chi connectivity index (χ3v) is 3.00. The number of nitrogens with two attached hydrogens (primary N) is 1. The molecule has 5 nitrogen and oxygen atoms in total. The fraction of sp³-hybridized carbons (Fsp3) is 0.636. The Hall–Kier alpha value is -1.36. The maximum absolute atomic E-state index is 11.7. The highest BCUT2D eigenvalue weighted by Gasteiger charge is 2.24. The van der Waals surface area contributed by atoms with Crippen LogP contribution in [0.4, 0.5) is 0 Å². The minimum absolute atomic E-state index is 0.0143. The van der Waals surface area contributed by atoms with Gasteiger partial charge in [-0.2, -0.15) is 0 Å². The Morgan fingerprint density at radius 1 is 1.50 bits per heavy atom. The summed E-state index contributed by atoms with van der Waals surface area (Å²) in [5.41, 5.74) is 5.75. The highest BCUT2D eigenvalue weighted by Crippen LogP contribution is 2.20. The molecular weight excluding hydrogens is 206 g/mol. The minimum Gasteiger partial charge on any atom is -0.469 e.